The third-order valence-electron chi connectivity index (χ3n) is 2.84. The minimum absolute atomic E-state index is 0.0421. The van der Waals surface area contributed by atoms with E-state index >= 15 is 0 Å². The van der Waals surface area contributed by atoms with Crippen LogP contribution in [0.1, 0.15) is 20.8 Å². The molecule has 1 atom stereocenters. The molecule has 1 fully saturated rings. The first kappa shape index (κ1) is 14.4. The van der Waals surface area contributed by atoms with Gasteiger partial charge in [0.05, 0.1) is 13.2 Å². The molecule has 1 unspecified atom stereocenters. The van der Waals surface area contributed by atoms with E-state index in [0.29, 0.717) is 13.2 Å². The van der Waals surface area contributed by atoms with Crippen LogP contribution < -0.4 is 10.6 Å². The van der Waals surface area contributed by atoms with Crippen molar-refractivity contribution >= 4 is 5.91 Å². The molecule has 5 nitrogen and oxygen atoms in total. The molecule has 1 rings (SSSR count). The third kappa shape index (κ3) is 5.02. The Morgan fingerprint density at radius 3 is 2.76 bits per heavy atom. The predicted octanol–water partition coefficient (Wildman–Crippen LogP) is -0.179. The highest BCUT2D eigenvalue weighted by atomic mass is 16.5. The summed E-state index contributed by atoms with van der Waals surface area (Å²) in [6.07, 6.45) is 0. The second-order valence-electron chi connectivity index (χ2n) is 5.42. The molecule has 0 aromatic rings. The number of likely N-dealkylation sites (N-methyl/N-ethyl adjacent to an activating group) is 1. The maximum Gasteiger partial charge on any atom is 0.239 e. The van der Waals surface area contributed by atoms with Crippen LogP contribution in [-0.4, -0.2) is 62.3 Å². The number of ether oxygens (including phenoxy) is 1. The van der Waals surface area contributed by atoms with Gasteiger partial charge in [0.25, 0.3) is 0 Å². The molecule has 1 amide bonds. The first-order chi connectivity index (χ1) is 7.94. The van der Waals surface area contributed by atoms with Gasteiger partial charge in [-0.05, 0) is 20.8 Å². The predicted molar refractivity (Wildman–Crippen MR) is 68.0 cm³/mol. The summed E-state index contributed by atoms with van der Waals surface area (Å²) in [5.74, 6) is 0.0421. The summed E-state index contributed by atoms with van der Waals surface area (Å²) in [5, 5.41) is 6.12. The van der Waals surface area contributed by atoms with Crippen LogP contribution in [-0.2, 0) is 9.53 Å². The lowest BCUT2D eigenvalue weighted by Crippen LogP contribution is -2.55. The summed E-state index contributed by atoms with van der Waals surface area (Å²) in [4.78, 5) is 13.9. The Labute approximate surface area is 104 Å². The van der Waals surface area contributed by atoms with E-state index in [4.69, 9.17) is 4.74 Å². The van der Waals surface area contributed by atoms with E-state index in [1.807, 2.05) is 0 Å². The Hall–Kier alpha value is -0.650. The second-order valence-corrected chi connectivity index (χ2v) is 5.42. The van der Waals surface area contributed by atoms with Gasteiger partial charge in [-0.2, -0.15) is 0 Å². The minimum atomic E-state index is -0.143. The van der Waals surface area contributed by atoms with Gasteiger partial charge in [-0.25, -0.2) is 0 Å². The maximum absolute atomic E-state index is 11.7. The van der Waals surface area contributed by atoms with Gasteiger partial charge in [-0.15, -0.1) is 0 Å². The quantitative estimate of drug-likeness (QED) is 0.719. The van der Waals surface area contributed by atoms with Gasteiger partial charge >= 0.3 is 0 Å². The van der Waals surface area contributed by atoms with E-state index in [-0.39, 0.29) is 17.5 Å². The first-order valence-electron chi connectivity index (χ1n) is 6.22. The van der Waals surface area contributed by atoms with Crippen molar-refractivity contribution in [1.82, 2.24) is 15.5 Å². The molecule has 0 aromatic heterocycles. The fourth-order valence-electron chi connectivity index (χ4n) is 1.89. The molecule has 1 aliphatic heterocycles. The number of rotatable bonds is 4. The standard InChI is InChI=1S/C12H25N3O2/c1-12(2,3)14-5-6-15-7-8-17-9-10(15)11(16)13-4/h10,14H,5-9H2,1-4H3,(H,13,16). The summed E-state index contributed by atoms with van der Waals surface area (Å²) < 4.78 is 5.36. The molecule has 0 bridgehead atoms. The highest BCUT2D eigenvalue weighted by Crippen LogP contribution is 2.07. The zero-order valence-electron chi connectivity index (χ0n) is 11.4. The zero-order valence-corrected chi connectivity index (χ0v) is 11.4. The summed E-state index contributed by atoms with van der Waals surface area (Å²) in [5.41, 5.74) is 0.120. The lowest BCUT2D eigenvalue weighted by Gasteiger charge is -2.35. The van der Waals surface area contributed by atoms with E-state index in [2.05, 4.69) is 36.3 Å². The zero-order chi connectivity index (χ0) is 12.9. The molecule has 5 heteroatoms. The summed E-state index contributed by atoms with van der Waals surface area (Å²) >= 11 is 0. The van der Waals surface area contributed by atoms with E-state index in [1.54, 1.807) is 7.05 Å². The van der Waals surface area contributed by atoms with Crippen LogP contribution in [0.15, 0.2) is 0 Å². The average Bonchev–Trinajstić information content (AvgIpc) is 2.27. The molecule has 0 radical (unpaired) electrons. The highest BCUT2D eigenvalue weighted by molar-refractivity contribution is 5.81. The van der Waals surface area contributed by atoms with Crippen LogP contribution in [0.4, 0.5) is 0 Å². The van der Waals surface area contributed by atoms with Gasteiger partial charge in [0.2, 0.25) is 5.91 Å². The number of hydrogen-bond donors (Lipinski definition) is 2. The fraction of sp³-hybridized carbons (Fsp3) is 0.917. The van der Waals surface area contributed by atoms with Crippen molar-refractivity contribution in [3.05, 3.63) is 0 Å². The average molecular weight is 243 g/mol. The van der Waals surface area contributed by atoms with Crippen molar-refractivity contribution in [2.24, 2.45) is 0 Å². The van der Waals surface area contributed by atoms with Crippen molar-refractivity contribution in [2.75, 3.05) is 39.9 Å². The molecular weight excluding hydrogens is 218 g/mol. The number of hydrogen-bond acceptors (Lipinski definition) is 4. The largest absolute Gasteiger partial charge is 0.378 e. The second kappa shape index (κ2) is 6.33. The summed E-state index contributed by atoms with van der Waals surface area (Å²) in [7, 11) is 1.67. The van der Waals surface area contributed by atoms with Crippen molar-refractivity contribution in [2.45, 2.75) is 32.4 Å². The summed E-state index contributed by atoms with van der Waals surface area (Å²) in [6.45, 7) is 10.2. The Morgan fingerprint density at radius 2 is 2.18 bits per heavy atom. The molecule has 1 aliphatic rings. The molecule has 0 saturated carbocycles. The van der Waals surface area contributed by atoms with E-state index in [9.17, 15) is 4.79 Å². The van der Waals surface area contributed by atoms with Crippen LogP contribution >= 0.6 is 0 Å². The van der Waals surface area contributed by atoms with E-state index < -0.39 is 0 Å². The van der Waals surface area contributed by atoms with E-state index in [1.165, 1.54) is 0 Å². The fourth-order valence-corrected chi connectivity index (χ4v) is 1.89. The molecule has 100 valence electrons. The Morgan fingerprint density at radius 1 is 1.47 bits per heavy atom. The Balaban J connectivity index is 2.40. The Kier molecular flexibility index (Phi) is 5.36. The van der Waals surface area contributed by atoms with Crippen LogP contribution in [0, 0.1) is 0 Å². The molecule has 2 N–H and O–H groups in total. The molecule has 1 saturated heterocycles. The molecule has 0 aliphatic carbocycles. The highest BCUT2D eigenvalue weighted by Gasteiger charge is 2.28. The number of carbonyl (C=O) groups is 1. The summed E-state index contributed by atoms with van der Waals surface area (Å²) in [6, 6.07) is -0.143. The van der Waals surface area contributed by atoms with Gasteiger partial charge in [-0.1, -0.05) is 0 Å². The van der Waals surface area contributed by atoms with Gasteiger partial charge in [0, 0.05) is 32.2 Å². The van der Waals surface area contributed by atoms with Gasteiger partial charge < -0.3 is 15.4 Å². The van der Waals surface area contributed by atoms with Crippen molar-refractivity contribution in [1.29, 1.82) is 0 Å². The number of nitrogens with one attached hydrogen (secondary N) is 2. The van der Waals surface area contributed by atoms with Crippen molar-refractivity contribution in [3.8, 4) is 0 Å². The molecule has 1 heterocycles. The van der Waals surface area contributed by atoms with Gasteiger partial charge in [0.1, 0.15) is 6.04 Å². The smallest absolute Gasteiger partial charge is 0.239 e. The lowest BCUT2D eigenvalue weighted by atomic mass is 10.1. The lowest BCUT2D eigenvalue weighted by molar-refractivity contribution is -0.131. The third-order valence-corrected chi connectivity index (χ3v) is 2.84. The van der Waals surface area contributed by atoms with Crippen molar-refractivity contribution in [3.63, 3.8) is 0 Å². The molecule has 0 aromatic carbocycles. The van der Waals surface area contributed by atoms with Gasteiger partial charge in [-0.3, -0.25) is 9.69 Å². The molecule has 17 heavy (non-hydrogen) atoms. The molecule has 0 spiro atoms. The SMILES string of the molecule is CNC(=O)C1COCCN1CCNC(C)(C)C. The van der Waals surface area contributed by atoms with Crippen LogP contribution in [0.5, 0.6) is 0 Å². The number of amides is 1. The normalized spacial score (nSPS) is 22.5. The topological polar surface area (TPSA) is 53.6 Å². The van der Waals surface area contributed by atoms with Crippen LogP contribution in [0.2, 0.25) is 0 Å². The minimum Gasteiger partial charge on any atom is -0.378 e. The van der Waals surface area contributed by atoms with Crippen LogP contribution in [0.25, 0.3) is 0 Å². The first-order valence-corrected chi connectivity index (χ1v) is 6.22. The number of carbonyl (C=O) groups excluding carboxylic acids is 1. The number of nitrogens with zero attached hydrogens (tertiary/aromatic N) is 1. The van der Waals surface area contributed by atoms with E-state index in [0.717, 1.165) is 19.6 Å². The van der Waals surface area contributed by atoms with Crippen LogP contribution in [0.3, 0.4) is 0 Å². The maximum atomic E-state index is 11.7. The molecular formula is C12H25N3O2. The van der Waals surface area contributed by atoms with Gasteiger partial charge in [0.15, 0.2) is 0 Å². The monoisotopic (exact) mass is 243 g/mol. The Bertz CT molecular complexity index is 251. The van der Waals surface area contributed by atoms with Crippen molar-refractivity contribution < 1.29 is 9.53 Å². The number of morpholine rings is 1.